The van der Waals surface area contributed by atoms with E-state index in [4.69, 9.17) is 5.11 Å². The van der Waals surface area contributed by atoms with Gasteiger partial charge in [-0.2, -0.15) is 0 Å². The Bertz CT molecular complexity index is 100. The van der Waals surface area contributed by atoms with Gasteiger partial charge in [-0.15, -0.1) is 0 Å². The van der Waals surface area contributed by atoms with E-state index < -0.39 is 6.10 Å². The number of rotatable bonds is 1. The zero-order chi connectivity index (χ0) is 6.15. The molecular formula is C5H8O3. The van der Waals surface area contributed by atoms with Crippen LogP contribution in [0.5, 0.6) is 0 Å². The number of hydrogen-bond donors (Lipinski definition) is 1. The number of aliphatic hydroxyl groups excluding tert-OH is 1. The topological polar surface area (TPSA) is 46.5 Å². The monoisotopic (exact) mass is 116 g/mol. The largest absolute Gasteiger partial charge is 0.459 e. The Hall–Kier alpha value is -0.570. The van der Waals surface area contributed by atoms with E-state index in [9.17, 15) is 4.79 Å². The van der Waals surface area contributed by atoms with Crippen molar-refractivity contribution in [2.45, 2.75) is 25.6 Å². The SMILES string of the molecule is C[C@H](O)[C@@H]1CC(=O)O1. The zero-order valence-electron chi connectivity index (χ0n) is 4.63. The van der Waals surface area contributed by atoms with Crippen LogP contribution < -0.4 is 0 Å². The molecule has 0 unspecified atom stereocenters. The van der Waals surface area contributed by atoms with Crippen LogP contribution in [0.15, 0.2) is 0 Å². The van der Waals surface area contributed by atoms with E-state index in [0.717, 1.165) is 0 Å². The number of carbonyl (C=O) groups excluding carboxylic acids is 1. The maximum Gasteiger partial charge on any atom is 0.310 e. The first-order valence-corrected chi connectivity index (χ1v) is 2.57. The van der Waals surface area contributed by atoms with Crippen LogP contribution in [0.2, 0.25) is 0 Å². The smallest absolute Gasteiger partial charge is 0.310 e. The molecule has 1 fully saturated rings. The fourth-order valence-electron chi connectivity index (χ4n) is 0.593. The molecule has 0 aliphatic carbocycles. The fourth-order valence-corrected chi connectivity index (χ4v) is 0.593. The number of hydrogen-bond acceptors (Lipinski definition) is 3. The van der Waals surface area contributed by atoms with E-state index in [1.165, 1.54) is 0 Å². The van der Waals surface area contributed by atoms with Crippen molar-refractivity contribution in [3.63, 3.8) is 0 Å². The van der Waals surface area contributed by atoms with Gasteiger partial charge < -0.3 is 9.84 Å². The molecule has 2 atom stereocenters. The molecule has 1 saturated heterocycles. The summed E-state index contributed by atoms with van der Waals surface area (Å²) in [7, 11) is 0. The summed E-state index contributed by atoms with van der Waals surface area (Å²) in [5.41, 5.74) is 0. The Labute approximate surface area is 47.3 Å². The Morgan fingerprint density at radius 1 is 2.00 bits per heavy atom. The number of aliphatic hydroxyl groups is 1. The van der Waals surface area contributed by atoms with Crippen LogP contribution in [-0.2, 0) is 9.53 Å². The van der Waals surface area contributed by atoms with Crippen LogP contribution in [0.4, 0.5) is 0 Å². The van der Waals surface area contributed by atoms with Gasteiger partial charge in [0.1, 0.15) is 6.10 Å². The van der Waals surface area contributed by atoms with Crippen LogP contribution in [0.1, 0.15) is 13.3 Å². The third kappa shape index (κ3) is 0.816. The lowest BCUT2D eigenvalue weighted by molar-refractivity contribution is -0.179. The second kappa shape index (κ2) is 1.74. The molecule has 0 spiro atoms. The Balaban J connectivity index is 2.25. The number of ether oxygens (including phenoxy) is 1. The number of carbonyl (C=O) groups is 1. The molecule has 0 aromatic carbocycles. The minimum Gasteiger partial charge on any atom is -0.459 e. The quantitative estimate of drug-likeness (QED) is 0.478. The molecule has 0 aromatic rings. The highest BCUT2D eigenvalue weighted by molar-refractivity contribution is 5.75. The summed E-state index contributed by atoms with van der Waals surface area (Å²) in [5, 5.41) is 8.71. The summed E-state index contributed by atoms with van der Waals surface area (Å²) in [6.45, 7) is 1.61. The molecule has 1 rings (SSSR count). The van der Waals surface area contributed by atoms with Crippen molar-refractivity contribution >= 4 is 5.97 Å². The molecule has 8 heavy (non-hydrogen) atoms. The average molecular weight is 116 g/mol. The predicted molar refractivity (Wildman–Crippen MR) is 26.2 cm³/mol. The minimum atomic E-state index is -0.507. The molecule has 0 bridgehead atoms. The van der Waals surface area contributed by atoms with E-state index in [2.05, 4.69) is 4.74 Å². The van der Waals surface area contributed by atoms with E-state index in [1.54, 1.807) is 6.92 Å². The summed E-state index contributed by atoms with van der Waals surface area (Å²) in [6, 6.07) is 0. The molecule has 3 heteroatoms. The van der Waals surface area contributed by atoms with Crippen molar-refractivity contribution in [1.29, 1.82) is 0 Å². The van der Waals surface area contributed by atoms with Crippen molar-refractivity contribution < 1.29 is 14.6 Å². The van der Waals surface area contributed by atoms with Crippen LogP contribution >= 0.6 is 0 Å². The molecule has 3 nitrogen and oxygen atoms in total. The molecule has 46 valence electrons. The Morgan fingerprint density at radius 3 is 2.62 bits per heavy atom. The van der Waals surface area contributed by atoms with Gasteiger partial charge in [0.05, 0.1) is 12.5 Å². The van der Waals surface area contributed by atoms with Gasteiger partial charge in [-0.1, -0.05) is 0 Å². The molecule has 1 aliphatic rings. The standard InChI is InChI=1S/C5H8O3/c1-3(6)4-2-5(7)8-4/h3-4,6H,2H2,1H3/t3-,4-/m0/s1. The third-order valence-corrected chi connectivity index (χ3v) is 1.19. The normalized spacial score (nSPS) is 30.8. The molecular weight excluding hydrogens is 108 g/mol. The first-order chi connectivity index (χ1) is 3.70. The van der Waals surface area contributed by atoms with Crippen molar-refractivity contribution in [3.05, 3.63) is 0 Å². The lowest BCUT2D eigenvalue weighted by Gasteiger charge is -2.27. The zero-order valence-corrected chi connectivity index (χ0v) is 4.63. The summed E-state index contributed by atoms with van der Waals surface area (Å²) < 4.78 is 4.51. The molecule has 0 saturated carbocycles. The van der Waals surface area contributed by atoms with Gasteiger partial charge in [-0.25, -0.2) is 0 Å². The van der Waals surface area contributed by atoms with Gasteiger partial charge in [-0.05, 0) is 6.92 Å². The van der Waals surface area contributed by atoms with E-state index >= 15 is 0 Å². The predicted octanol–water partition coefficient (Wildman–Crippen LogP) is -0.317. The van der Waals surface area contributed by atoms with E-state index in [-0.39, 0.29) is 12.1 Å². The van der Waals surface area contributed by atoms with Crippen LogP contribution in [0.25, 0.3) is 0 Å². The van der Waals surface area contributed by atoms with Crippen molar-refractivity contribution in [2.75, 3.05) is 0 Å². The van der Waals surface area contributed by atoms with Gasteiger partial charge in [0.2, 0.25) is 0 Å². The van der Waals surface area contributed by atoms with Crippen LogP contribution in [-0.4, -0.2) is 23.3 Å². The van der Waals surface area contributed by atoms with Gasteiger partial charge in [0.25, 0.3) is 0 Å². The lowest BCUT2D eigenvalue weighted by atomic mass is 10.1. The van der Waals surface area contributed by atoms with E-state index in [0.29, 0.717) is 6.42 Å². The molecule has 0 aromatic heterocycles. The summed E-state index contributed by atoms with van der Waals surface area (Å²) in [6.07, 6.45) is -0.368. The van der Waals surface area contributed by atoms with Gasteiger partial charge in [0, 0.05) is 0 Å². The third-order valence-electron chi connectivity index (χ3n) is 1.19. The van der Waals surface area contributed by atoms with E-state index in [1.807, 2.05) is 0 Å². The summed E-state index contributed by atoms with van der Waals surface area (Å²) >= 11 is 0. The number of cyclic esters (lactones) is 1. The molecule has 1 aliphatic heterocycles. The van der Waals surface area contributed by atoms with Gasteiger partial charge in [0.15, 0.2) is 0 Å². The molecule has 1 heterocycles. The highest BCUT2D eigenvalue weighted by atomic mass is 16.6. The molecule has 0 radical (unpaired) electrons. The van der Waals surface area contributed by atoms with Gasteiger partial charge in [-0.3, -0.25) is 4.79 Å². The minimum absolute atomic E-state index is 0.212. The van der Waals surface area contributed by atoms with Crippen molar-refractivity contribution in [1.82, 2.24) is 0 Å². The molecule has 1 N–H and O–H groups in total. The summed E-state index contributed by atoms with van der Waals surface area (Å²) in [4.78, 5) is 10.1. The van der Waals surface area contributed by atoms with Crippen molar-refractivity contribution in [2.24, 2.45) is 0 Å². The maximum atomic E-state index is 10.1. The summed E-state index contributed by atoms with van der Waals surface area (Å²) in [5.74, 6) is -0.212. The fraction of sp³-hybridized carbons (Fsp3) is 0.800. The highest BCUT2D eigenvalue weighted by Crippen LogP contribution is 2.15. The average Bonchev–Trinajstić information content (AvgIpc) is 1.57. The van der Waals surface area contributed by atoms with Crippen LogP contribution in [0.3, 0.4) is 0 Å². The maximum absolute atomic E-state index is 10.1. The Kier molecular flexibility index (Phi) is 1.21. The highest BCUT2D eigenvalue weighted by Gasteiger charge is 2.31. The molecule has 0 amide bonds. The second-order valence-electron chi connectivity index (χ2n) is 1.97. The van der Waals surface area contributed by atoms with Crippen LogP contribution in [0, 0.1) is 0 Å². The Morgan fingerprint density at radius 2 is 2.50 bits per heavy atom. The number of esters is 1. The van der Waals surface area contributed by atoms with Gasteiger partial charge >= 0.3 is 5.97 Å². The first-order valence-electron chi connectivity index (χ1n) is 2.57. The second-order valence-corrected chi connectivity index (χ2v) is 1.97. The van der Waals surface area contributed by atoms with Crippen molar-refractivity contribution in [3.8, 4) is 0 Å². The first kappa shape index (κ1) is 5.56. The lowest BCUT2D eigenvalue weighted by Crippen LogP contribution is -2.40.